The molecule has 0 aliphatic rings. The second kappa shape index (κ2) is 6.24. The van der Waals surface area contributed by atoms with Gasteiger partial charge in [-0.25, -0.2) is 4.98 Å². The van der Waals surface area contributed by atoms with Gasteiger partial charge in [0, 0.05) is 26.2 Å². The monoisotopic (exact) mass is 226 g/mol. The summed E-state index contributed by atoms with van der Waals surface area (Å²) in [5.74, 6) is 1.88. The third kappa shape index (κ3) is 3.63. The zero-order chi connectivity index (χ0) is 12.0. The van der Waals surface area contributed by atoms with Crippen molar-refractivity contribution in [2.45, 2.75) is 6.92 Å². The summed E-state index contributed by atoms with van der Waals surface area (Å²) in [7, 11) is 1.85. The maximum atomic E-state index is 8.85. The van der Waals surface area contributed by atoms with Crippen LogP contribution >= 0.6 is 0 Å². The van der Waals surface area contributed by atoms with Gasteiger partial charge in [0.15, 0.2) is 0 Å². The Morgan fingerprint density at radius 3 is 2.88 bits per heavy atom. The van der Waals surface area contributed by atoms with E-state index in [-0.39, 0.29) is 6.61 Å². The summed E-state index contributed by atoms with van der Waals surface area (Å²) in [5.41, 5.74) is 5.35. The van der Waals surface area contributed by atoms with Gasteiger partial charge in [-0.15, -0.1) is 0 Å². The Hall–Kier alpha value is -1.40. The van der Waals surface area contributed by atoms with E-state index in [2.05, 4.69) is 9.97 Å². The van der Waals surface area contributed by atoms with E-state index in [4.69, 9.17) is 15.6 Å². The number of anilines is 1. The molecular formula is C10H18N4O2. The van der Waals surface area contributed by atoms with Crippen LogP contribution in [0.15, 0.2) is 6.07 Å². The SMILES string of the molecule is Cc1nc(OCCN)cc(N(C)CCO)n1. The standard InChI is InChI=1S/C10H18N4O2/c1-8-12-9(14(2)4-5-15)7-10(13-8)16-6-3-11/h7,15H,3-6,11H2,1-2H3. The summed E-state index contributed by atoms with van der Waals surface area (Å²) in [4.78, 5) is 10.2. The molecule has 0 aliphatic carbocycles. The van der Waals surface area contributed by atoms with Crippen molar-refractivity contribution in [1.82, 2.24) is 9.97 Å². The summed E-state index contributed by atoms with van der Waals surface area (Å²) in [6, 6.07) is 1.73. The first-order valence-corrected chi connectivity index (χ1v) is 5.18. The summed E-state index contributed by atoms with van der Waals surface area (Å²) < 4.78 is 5.34. The molecule has 0 saturated heterocycles. The first kappa shape index (κ1) is 12.7. The Balaban J connectivity index is 2.80. The number of hydrogen-bond acceptors (Lipinski definition) is 6. The largest absolute Gasteiger partial charge is 0.476 e. The van der Waals surface area contributed by atoms with Crippen molar-refractivity contribution in [3.63, 3.8) is 0 Å². The summed E-state index contributed by atoms with van der Waals surface area (Å²) in [6.07, 6.45) is 0. The molecule has 0 saturated carbocycles. The molecule has 16 heavy (non-hydrogen) atoms. The minimum atomic E-state index is 0.0819. The van der Waals surface area contributed by atoms with E-state index in [1.165, 1.54) is 0 Å². The molecule has 6 heteroatoms. The molecule has 0 bridgehead atoms. The van der Waals surface area contributed by atoms with Gasteiger partial charge in [0.1, 0.15) is 18.2 Å². The number of aliphatic hydroxyl groups is 1. The fourth-order valence-corrected chi connectivity index (χ4v) is 1.22. The first-order chi connectivity index (χ1) is 7.67. The topological polar surface area (TPSA) is 84.5 Å². The van der Waals surface area contributed by atoms with Gasteiger partial charge in [-0.05, 0) is 6.92 Å². The first-order valence-electron chi connectivity index (χ1n) is 5.18. The molecule has 0 unspecified atom stereocenters. The van der Waals surface area contributed by atoms with E-state index in [9.17, 15) is 0 Å². The Kier molecular flexibility index (Phi) is 4.94. The molecule has 0 atom stereocenters. The second-order valence-electron chi connectivity index (χ2n) is 3.39. The van der Waals surface area contributed by atoms with Crippen molar-refractivity contribution in [2.24, 2.45) is 5.73 Å². The van der Waals surface area contributed by atoms with Gasteiger partial charge in [0.25, 0.3) is 0 Å². The van der Waals surface area contributed by atoms with Crippen molar-refractivity contribution < 1.29 is 9.84 Å². The van der Waals surface area contributed by atoms with Crippen LogP contribution in [0, 0.1) is 6.92 Å². The number of ether oxygens (including phenoxy) is 1. The molecule has 1 heterocycles. The van der Waals surface area contributed by atoms with Gasteiger partial charge in [0.05, 0.1) is 6.61 Å². The normalized spacial score (nSPS) is 10.2. The number of aryl methyl sites for hydroxylation is 1. The highest BCUT2D eigenvalue weighted by Gasteiger charge is 2.06. The highest BCUT2D eigenvalue weighted by Crippen LogP contribution is 2.15. The highest BCUT2D eigenvalue weighted by molar-refractivity contribution is 5.40. The Labute approximate surface area is 95.1 Å². The number of nitrogens with two attached hydrogens (primary N) is 1. The van der Waals surface area contributed by atoms with Gasteiger partial charge in [-0.3, -0.25) is 0 Å². The molecule has 90 valence electrons. The van der Waals surface area contributed by atoms with Crippen LogP contribution in [0.2, 0.25) is 0 Å². The van der Waals surface area contributed by atoms with Crippen molar-refractivity contribution in [3.05, 3.63) is 11.9 Å². The number of rotatable bonds is 6. The molecule has 1 aromatic heterocycles. The number of hydrogen-bond donors (Lipinski definition) is 2. The Morgan fingerprint density at radius 2 is 2.25 bits per heavy atom. The summed E-state index contributed by atoms with van der Waals surface area (Å²) >= 11 is 0. The van der Waals surface area contributed by atoms with Crippen LogP contribution in [0.25, 0.3) is 0 Å². The molecular weight excluding hydrogens is 208 g/mol. The van der Waals surface area contributed by atoms with E-state index < -0.39 is 0 Å². The van der Waals surface area contributed by atoms with E-state index in [0.717, 1.165) is 5.82 Å². The van der Waals surface area contributed by atoms with E-state index in [1.807, 2.05) is 11.9 Å². The number of aliphatic hydroxyl groups excluding tert-OH is 1. The minimum Gasteiger partial charge on any atom is -0.476 e. The van der Waals surface area contributed by atoms with E-state index in [0.29, 0.717) is 31.4 Å². The fraction of sp³-hybridized carbons (Fsp3) is 0.600. The zero-order valence-corrected chi connectivity index (χ0v) is 9.68. The molecule has 0 aliphatic heterocycles. The van der Waals surface area contributed by atoms with Crippen LogP contribution in [0.5, 0.6) is 5.88 Å². The van der Waals surface area contributed by atoms with E-state index >= 15 is 0 Å². The van der Waals surface area contributed by atoms with Crippen LogP contribution < -0.4 is 15.4 Å². The predicted octanol–water partition coefficient (Wildman–Crippen LogP) is -0.449. The van der Waals surface area contributed by atoms with Gasteiger partial charge >= 0.3 is 0 Å². The van der Waals surface area contributed by atoms with Gasteiger partial charge < -0.3 is 20.5 Å². The Bertz CT molecular complexity index is 333. The molecule has 0 aromatic carbocycles. The van der Waals surface area contributed by atoms with Crippen molar-refractivity contribution >= 4 is 5.82 Å². The quantitative estimate of drug-likeness (QED) is 0.683. The van der Waals surface area contributed by atoms with Crippen LogP contribution in [-0.4, -0.2) is 48.4 Å². The molecule has 0 fully saturated rings. The lowest BCUT2D eigenvalue weighted by Crippen LogP contribution is -2.23. The summed E-state index contributed by atoms with van der Waals surface area (Å²) in [6.45, 7) is 3.28. The lowest BCUT2D eigenvalue weighted by molar-refractivity contribution is 0.302. The third-order valence-corrected chi connectivity index (χ3v) is 2.00. The zero-order valence-electron chi connectivity index (χ0n) is 9.68. The van der Waals surface area contributed by atoms with Gasteiger partial charge in [0.2, 0.25) is 5.88 Å². The molecule has 6 nitrogen and oxygen atoms in total. The van der Waals surface area contributed by atoms with E-state index in [1.54, 1.807) is 13.0 Å². The van der Waals surface area contributed by atoms with Crippen molar-refractivity contribution in [3.8, 4) is 5.88 Å². The molecule has 1 rings (SSSR count). The molecule has 1 aromatic rings. The van der Waals surface area contributed by atoms with Crippen LogP contribution in [0.4, 0.5) is 5.82 Å². The minimum absolute atomic E-state index is 0.0819. The lowest BCUT2D eigenvalue weighted by Gasteiger charge is -2.17. The number of nitrogens with zero attached hydrogens (tertiary/aromatic N) is 3. The maximum Gasteiger partial charge on any atom is 0.218 e. The second-order valence-corrected chi connectivity index (χ2v) is 3.39. The van der Waals surface area contributed by atoms with Crippen LogP contribution in [0.1, 0.15) is 5.82 Å². The molecule has 0 spiro atoms. The maximum absolute atomic E-state index is 8.85. The number of likely N-dealkylation sites (N-methyl/N-ethyl adjacent to an activating group) is 1. The van der Waals surface area contributed by atoms with Gasteiger partial charge in [-0.2, -0.15) is 4.98 Å². The average Bonchev–Trinajstić information content (AvgIpc) is 2.26. The van der Waals surface area contributed by atoms with Crippen LogP contribution in [0.3, 0.4) is 0 Å². The lowest BCUT2D eigenvalue weighted by atomic mass is 10.4. The third-order valence-electron chi connectivity index (χ3n) is 2.00. The average molecular weight is 226 g/mol. The van der Waals surface area contributed by atoms with Crippen LogP contribution in [-0.2, 0) is 0 Å². The summed E-state index contributed by atoms with van der Waals surface area (Å²) in [5, 5.41) is 8.85. The molecule has 0 amide bonds. The molecule has 3 N–H and O–H groups in total. The number of aromatic nitrogens is 2. The predicted molar refractivity (Wildman–Crippen MR) is 61.7 cm³/mol. The van der Waals surface area contributed by atoms with Crippen molar-refractivity contribution in [1.29, 1.82) is 0 Å². The molecule has 0 radical (unpaired) electrons. The smallest absolute Gasteiger partial charge is 0.218 e. The van der Waals surface area contributed by atoms with Crippen molar-refractivity contribution in [2.75, 3.05) is 38.3 Å². The van der Waals surface area contributed by atoms with Gasteiger partial charge in [-0.1, -0.05) is 0 Å². The fourth-order valence-electron chi connectivity index (χ4n) is 1.22. The Morgan fingerprint density at radius 1 is 1.50 bits per heavy atom. The highest BCUT2D eigenvalue weighted by atomic mass is 16.5.